The van der Waals surface area contributed by atoms with Crippen molar-refractivity contribution < 1.29 is 19.7 Å². The number of phenolic OH excluding ortho intramolecular Hbond substituents is 2. The van der Waals surface area contributed by atoms with Gasteiger partial charge < -0.3 is 14.9 Å². The number of rotatable bonds is 4. The van der Waals surface area contributed by atoms with Gasteiger partial charge in [0.2, 0.25) is 0 Å². The van der Waals surface area contributed by atoms with E-state index in [1.807, 2.05) is 0 Å². The van der Waals surface area contributed by atoms with Crippen molar-refractivity contribution in [2.24, 2.45) is 0 Å². The van der Waals surface area contributed by atoms with Gasteiger partial charge in [-0.25, -0.2) is 0 Å². The number of halogens is 1. The van der Waals surface area contributed by atoms with Gasteiger partial charge in [-0.3, -0.25) is 4.79 Å². The normalized spacial score (nSPS) is 18.1. The van der Waals surface area contributed by atoms with Crippen LogP contribution in [0.5, 0.6) is 11.5 Å². The number of thioether (sulfide) groups is 1. The molecule has 0 spiro atoms. The molecular formula is C12H13ClO4S. The molecule has 0 bridgehead atoms. The van der Waals surface area contributed by atoms with Crippen LogP contribution in [0.15, 0.2) is 23.1 Å². The number of methoxy groups -OCH3 is 1. The van der Waals surface area contributed by atoms with Crippen LogP contribution < -0.4 is 0 Å². The van der Waals surface area contributed by atoms with Crippen LogP contribution in [0.1, 0.15) is 12.8 Å². The fourth-order valence-electron chi connectivity index (χ4n) is 1.65. The Balaban J connectivity index is 2.18. The van der Waals surface area contributed by atoms with Gasteiger partial charge in [-0.15, -0.1) is 23.4 Å². The summed E-state index contributed by atoms with van der Waals surface area (Å²) in [6, 6.07) is 4.27. The lowest BCUT2D eigenvalue weighted by Crippen LogP contribution is -2.29. The van der Waals surface area contributed by atoms with Crippen LogP contribution in [0.25, 0.3) is 0 Å². The van der Waals surface area contributed by atoms with E-state index in [1.54, 1.807) is 0 Å². The van der Waals surface area contributed by atoms with Crippen molar-refractivity contribution in [1.29, 1.82) is 0 Å². The highest BCUT2D eigenvalue weighted by Crippen LogP contribution is 2.57. The molecule has 1 atom stereocenters. The summed E-state index contributed by atoms with van der Waals surface area (Å²) in [5, 5.41) is 18.4. The first-order valence-corrected chi connectivity index (χ1v) is 6.67. The van der Waals surface area contributed by atoms with Gasteiger partial charge in [0.25, 0.3) is 0 Å². The lowest BCUT2D eigenvalue weighted by atomic mass is 10.3. The quantitative estimate of drug-likeness (QED) is 0.506. The Kier molecular flexibility index (Phi) is 3.64. The molecule has 0 aromatic heterocycles. The first kappa shape index (κ1) is 13.4. The minimum Gasteiger partial charge on any atom is -0.508 e. The molecule has 0 amide bonds. The van der Waals surface area contributed by atoms with Gasteiger partial charge in [0.1, 0.15) is 16.9 Å². The average Bonchev–Trinajstić information content (AvgIpc) is 3.13. The van der Waals surface area contributed by atoms with Gasteiger partial charge in [-0.2, -0.15) is 0 Å². The third-order valence-electron chi connectivity index (χ3n) is 2.87. The SMILES string of the molecule is COC(=O)C(Cl)C1(Sc2cc(O)ccc2O)CC1. The summed E-state index contributed by atoms with van der Waals surface area (Å²) in [7, 11) is 1.30. The second-order valence-electron chi connectivity index (χ2n) is 4.20. The van der Waals surface area contributed by atoms with Gasteiger partial charge in [0, 0.05) is 4.75 Å². The van der Waals surface area contributed by atoms with E-state index in [-0.39, 0.29) is 11.5 Å². The summed E-state index contributed by atoms with van der Waals surface area (Å²) in [5.74, 6) is -0.339. The molecule has 2 N–H and O–H groups in total. The number of hydrogen-bond acceptors (Lipinski definition) is 5. The zero-order chi connectivity index (χ0) is 13.3. The van der Waals surface area contributed by atoms with Crippen LogP contribution in [0, 0.1) is 0 Å². The van der Waals surface area contributed by atoms with Gasteiger partial charge in [-0.1, -0.05) is 0 Å². The molecule has 6 heteroatoms. The molecule has 1 aliphatic rings. The van der Waals surface area contributed by atoms with Crippen molar-refractivity contribution in [2.45, 2.75) is 27.9 Å². The molecule has 1 aliphatic carbocycles. The van der Waals surface area contributed by atoms with Crippen LogP contribution in [-0.2, 0) is 9.53 Å². The maximum absolute atomic E-state index is 11.5. The Morgan fingerprint density at radius 2 is 2.17 bits per heavy atom. The standard InChI is InChI=1S/C12H13ClO4S/c1-17-11(16)10(13)12(4-5-12)18-9-6-7(14)2-3-8(9)15/h2-3,6,10,14-15H,4-5H2,1H3. The molecule has 1 saturated carbocycles. The first-order valence-electron chi connectivity index (χ1n) is 5.41. The lowest BCUT2D eigenvalue weighted by Gasteiger charge is -2.19. The number of phenols is 2. The predicted molar refractivity (Wildman–Crippen MR) is 69.3 cm³/mol. The fourth-order valence-corrected chi connectivity index (χ4v) is 3.39. The Bertz CT molecular complexity index is 473. The summed E-state index contributed by atoms with van der Waals surface area (Å²) in [5.41, 5.74) is 0. The van der Waals surface area contributed by atoms with Crippen LogP contribution in [0.2, 0.25) is 0 Å². The highest BCUT2D eigenvalue weighted by molar-refractivity contribution is 8.01. The predicted octanol–water partition coefficient (Wildman–Crippen LogP) is 2.50. The maximum atomic E-state index is 11.5. The average molecular weight is 289 g/mol. The largest absolute Gasteiger partial charge is 0.508 e. The van der Waals surface area contributed by atoms with Crippen LogP contribution in [0.4, 0.5) is 0 Å². The third-order valence-corrected chi connectivity index (χ3v) is 5.19. The number of ether oxygens (including phenoxy) is 1. The van der Waals surface area contributed by atoms with Gasteiger partial charge in [0.05, 0.1) is 12.0 Å². The monoisotopic (exact) mass is 288 g/mol. The highest BCUT2D eigenvalue weighted by Gasteiger charge is 2.53. The Morgan fingerprint density at radius 1 is 1.50 bits per heavy atom. The van der Waals surface area contributed by atoms with Gasteiger partial charge in [0.15, 0.2) is 0 Å². The van der Waals surface area contributed by atoms with Crippen molar-refractivity contribution in [3.05, 3.63) is 18.2 Å². The molecule has 2 rings (SSSR count). The molecule has 1 fully saturated rings. The van der Waals surface area contributed by atoms with Crippen LogP contribution in [0.3, 0.4) is 0 Å². The van der Waals surface area contributed by atoms with E-state index in [1.165, 1.54) is 37.1 Å². The summed E-state index contributed by atoms with van der Waals surface area (Å²) in [6.45, 7) is 0. The molecule has 1 unspecified atom stereocenters. The zero-order valence-corrected chi connectivity index (χ0v) is 11.3. The number of carbonyl (C=O) groups is 1. The maximum Gasteiger partial charge on any atom is 0.325 e. The van der Waals surface area contributed by atoms with E-state index in [0.717, 1.165) is 12.8 Å². The number of esters is 1. The molecule has 1 aromatic rings. The van der Waals surface area contributed by atoms with E-state index in [4.69, 9.17) is 11.6 Å². The van der Waals surface area contributed by atoms with Gasteiger partial charge in [-0.05, 0) is 31.0 Å². The molecule has 4 nitrogen and oxygen atoms in total. The van der Waals surface area contributed by atoms with E-state index in [2.05, 4.69) is 4.74 Å². The Labute approximate surface area is 114 Å². The zero-order valence-electron chi connectivity index (χ0n) is 9.72. The number of benzene rings is 1. The summed E-state index contributed by atoms with van der Waals surface area (Å²) >= 11 is 7.39. The van der Waals surface area contributed by atoms with E-state index >= 15 is 0 Å². The number of hydrogen-bond donors (Lipinski definition) is 2. The van der Waals surface area contributed by atoms with E-state index in [0.29, 0.717) is 4.90 Å². The molecule has 0 heterocycles. The molecule has 0 radical (unpaired) electrons. The van der Waals surface area contributed by atoms with Gasteiger partial charge >= 0.3 is 5.97 Å². The van der Waals surface area contributed by atoms with Crippen LogP contribution in [-0.4, -0.2) is 33.4 Å². The van der Waals surface area contributed by atoms with Crippen molar-refractivity contribution in [3.8, 4) is 11.5 Å². The summed E-state index contributed by atoms with van der Waals surface area (Å²) in [4.78, 5) is 12.0. The Morgan fingerprint density at radius 3 is 2.72 bits per heavy atom. The molecule has 18 heavy (non-hydrogen) atoms. The second-order valence-corrected chi connectivity index (χ2v) is 6.10. The molecule has 1 aromatic carbocycles. The van der Waals surface area contributed by atoms with Crippen molar-refractivity contribution in [3.63, 3.8) is 0 Å². The number of carbonyl (C=O) groups excluding carboxylic acids is 1. The number of aromatic hydroxyl groups is 2. The minimum atomic E-state index is -0.755. The van der Waals surface area contributed by atoms with E-state index < -0.39 is 16.1 Å². The van der Waals surface area contributed by atoms with Crippen molar-refractivity contribution >= 4 is 29.3 Å². The third kappa shape index (κ3) is 2.52. The molecule has 0 saturated heterocycles. The summed E-state index contributed by atoms with van der Waals surface area (Å²) in [6.07, 6.45) is 1.55. The van der Waals surface area contributed by atoms with Crippen LogP contribution >= 0.6 is 23.4 Å². The molecule has 98 valence electrons. The van der Waals surface area contributed by atoms with Crippen molar-refractivity contribution in [2.75, 3.05) is 7.11 Å². The van der Waals surface area contributed by atoms with Crippen molar-refractivity contribution in [1.82, 2.24) is 0 Å². The lowest BCUT2D eigenvalue weighted by molar-refractivity contribution is -0.140. The minimum absolute atomic E-state index is 0.0651. The van der Waals surface area contributed by atoms with E-state index in [9.17, 15) is 15.0 Å². The molecule has 0 aliphatic heterocycles. The topological polar surface area (TPSA) is 66.8 Å². The number of alkyl halides is 1. The highest BCUT2D eigenvalue weighted by atomic mass is 35.5. The Hall–Kier alpha value is -1.07. The second kappa shape index (κ2) is 4.90. The summed E-state index contributed by atoms with van der Waals surface area (Å²) < 4.78 is 4.19. The first-order chi connectivity index (χ1) is 8.48. The smallest absolute Gasteiger partial charge is 0.325 e. The molecular weight excluding hydrogens is 276 g/mol. The fraction of sp³-hybridized carbons (Fsp3) is 0.417.